The van der Waals surface area contributed by atoms with Crippen LogP contribution < -0.4 is 20.5 Å². The number of hydrogen-bond donors (Lipinski definition) is 2. The molecular weight excluding hydrogens is 350 g/mol. The lowest BCUT2D eigenvalue weighted by Gasteiger charge is -2.10. The normalized spacial score (nSPS) is 10.7. The van der Waals surface area contributed by atoms with Crippen LogP contribution in [0, 0.1) is 0 Å². The number of rotatable bonds is 5. The largest absolute Gasteiger partial charge is 0.497 e. The second kappa shape index (κ2) is 6.85. The van der Waals surface area contributed by atoms with E-state index in [2.05, 4.69) is 20.3 Å². The fourth-order valence-corrected chi connectivity index (χ4v) is 3.21. The van der Waals surface area contributed by atoms with Gasteiger partial charge in [0, 0.05) is 0 Å². The molecule has 0 spiro atoms. The van der Waals surface area contributed by atoms with Crippen molar-refractivity contribution in [2.45, 2.75) is 0 Å². The molecule has 8 heteroatoms. The molecule has 2 heterocycles. The highest BCUT2D eigenvalue weighted by molar-refractivity contribution is 7.22. The summed E-state index contributed by atoms with van der Waals surface area (Å²) in [5.41, 5.74) is 7.40. The zero-order valence-electron chi connectivity index (χ0n) is 13.8. The summed E-state index contributed by atoms with van der Waals surface area (Å²) in [5, 5.41) is 3.84. The van der Waals surface area contributed by atoms with Crippen LogP contribution in [0.25, 0.3) is 10.2 Å². The van der Waals surface area contributed by atoms with Crippen LogP contribution in [-0.4, -0.2) is 22.1 Å². The number of anilines is 3. The number of nitrogens with one attached hydrogen (secondary N) is 1. The molecule has 0 atom stereocenters. The van der Waals surface area contributed by atoms with Gasteiger partial charge in [-0.3, -0.25) is 0 Å². The van der Waals surface area contributed by atoms with Gasteiger partial charge in [-0.15, -0.1) is 0 Å². The molecule has 2 aromatic heterocycles. The first-order chi connectivity index (χ1) is 12.7. The third-order valence-corrected chi connectivity index (χ3v) is 4.59. The Labute approximate surface area is 153 Å². The number of thiazole rings is 1. The van der Waals surface area contributed by atoms with Crippen molar-refractivity contribution < 1.29 is 9.47 Å². The van der Waals surface area contributed by atoms with Gasteiger partial charge in [-0.05, 0) is 36.4 Å². The molecule has 0 fully saturated rings. The van der Waals surface area contributed by atoms with Gasteiger partial charge in [-0.2, -0.15) is 4.98 Å². The minimum atomic E-state index is 0.272. The standard InChI is InChI=1S/C18H15N5O2S/c1-24-11-6-8-12(9-7-11)25-17-15(19)16(20-10-21-17)23-18-22-13-4-2-3-5-14(13)26-18/h2-10H,19H2,1H3,(H,20,21,22,23). The van der Waals surface area contributed by atoms with Crippen LogP contribution in [-0.2, 0) is 0 Å². The molecule has 0 amide bonds. The van der Waals surface area contributed by atoms with Gasteiger partial charge in [0.15, 0.2) is 10.9 Å². The SMILES string of the molecule is COc1ccc(Oc2ncnc(Nc3nc4ccccc4s3)c2N)cc1. The number of nitrogens with zero attached hydrogens (tertiary/aromatic N) is 3. The Hall–Kier alpha value is -3.39. The highest BCUT2D eigenvalue weighted by atomic mass is 32.1. The number of ether oxygens (including phenoxy) is 2. The quantitative estimate of drug-likeness (QED) is 0.547. The molecule has 26 heavy (non-hydrogen) atoms. The fourth-order valence-electron chi connectivity index (χ4n) is 2.34. The first-order valence-corrected chi connectivity index (χ1v) is 8.59. The maximum Gasteiger partial charge on any atom is 0.248 e. The minimum Gasteiger partial charge on any atom is -0.497 e. The Kier molecular flexibility index (Phi) is 4.24. The Bertz CT molecular complexity index is 1020. The summed E-state index contributed by atoms with van der Waals surface area (Å²) in [5.74, 6) is 2.06. The second-order valence-corrected chi connectivity index (χ2v) is 6.36. The number of nitrogen functional groups attached to an aromatic ring is 1. The fraction of sp³-hybridized carbons (Fsp3) is 0.0556. The van der Waals surface area contributed by atoms with Crippen LogP contribution in [0.1, 0.15) is 0 Å². The lowest BCUT2D eigenvalue weighted by molar-refractivity contribution is 0.412. The first-order valence-electron chi connectivity index (χ1n) is 7.78. The van der Waals surface area contributed by atoms with Crippen molar-refractivity contribution in [3.63, 3.8) is 0 Å². The number of benzene rings is 2. The molecule has 0 aliphatic rings. The van der Waals surface area contributed by atoms with Crippen molar-refractivity contribution in [3.05, 3.63) is 54.9 Å². The van der Waals surface area contributed by atoms with Crippen molar-refractivity contribution in [2.24, 2.45) is 0 Å². The van der Waals surface area contributed by atoms with Gasteiger partial charge in [-0.1, -0.05) is 23.5 Å². The van der Waals surface area contributed by atoms with Gasteiger partial charge < -0.3 is 20.5 Å². The molecule has 0 aliphatic heterocycles. The van der Waals surface area contributed by atoms with Crippen LogP contribution in [0.4, 0.5) is 16.6 Å². The Morgan fingerprint density at radius 2 is 1.77 bits per heavy atom. The third kappa shape index (κ3) is 3.22. The molecule has 0 saturated carbocycles. The molecule has 2 aromatic carbocycles. The van der Waals surface area contributed by atoms with Crippen molar-refractivity contribution >= 4 is 38.2 Å². The van der Waals surface area contributed by atoms with E-state index in [1.54, 1.807) is 31.4 Å². The monoisotopic (exact) mass is 365 g/mol. The summed E-state index contributed by atoms with van der Waals surface area (Å²) in [4.78, 5) is 12.8. The van der Waals surface area contributed by atoms with Gasteiger partial charge >= 0.3 is 0 Å². The first kappa shape index (κ1) is 16.1. The molecule has 0 bridgehead atoms. The number of methoxy groups -OCH3 is 1. The summed E-state index contributed by atoms with van der Waals surface area (Å²) in [6, 6.07) is 15.1. The molecule has 0 saturated heterocycles. The highest BCUT2D eigenvalue weighted by Crippen LogP contribution is 2.33. The Balaban J connectivity index is 1.58. The number of hydrogen-bond acceptors (Lipinski definition) is 8. The van der Waals surface area contributed by atoms with E-state index in [1.807, 2.05) is 24.3 Å². The average molecular weight is 365 g/mol. The zero-order chi connectivity index (χ0) is 17.9. The van der Waals surface area contributed by atoms with E-state index in [-0.39, 0.29) is 5.88 Å². The lowest BCUT2D eigenvalue weighted by atomic mass is 10.3. The van der Waals surface area contributed by atoms with Crippen LogP contribution in [0.3, 0.4) is 0 Å². The van der Waals surface area contributed by atoms with Crippen molar-refractivity contribution in [2.75, 3.05) is 18.2 Å². The lowest BCUT2D eigenvalue weighted by Crippen LogP contribution is -2.02. The van der Waals surface area contributed by atoms with Crippen molar-refractivity contribution in [1.29, 1.82) is 0 Å². The molecule has 7 nitrogen and oxygen atoms in total. The van der Waals surface area contributed by atoms with E-state index in [1.165, 1.54) is 17.7 Å². The molecular formula is C18H15N5O2S. The van der Waals surface area contributed by atoms with Crippen LogP contribution in [0.2, 0.25) is 0 Å². The Morgan fingerprint density at radius 3 is 2.54 bits per heavy atom. The smallest absolute Gasteiger partial charge is 0.248 e. The van der Waals surface area contributed by atoms with Crippen molar-refractivity contribution in [3.8, 4) is 17.4 Å². The summed E-state index contributed by atoms with van der Waals surface area (Å²) < 4.78 is 12.0. The number of aromatic nitrogens is 3. The van der Waals surface area contributed by atoms with Crippen molar-refractivity contribution in [1.82, 2.24) is 15.0 Å². The molecule has 0 unspecified atom stereocenters. The topological polar surface area (TPSA) is 95.2 Å². The second-order valence-electron chi connectivity index (χ2n) is 5.33. The van der Waals surface area contributed by atoms with E-state index in [4.69, 9.17) is 15.2 Å². The Morgan fingerprint density at radius 1 is 1.00 bits per heavy atom. The predicted molar refractivity (Wildman–Crippen MR) is 102 cm³/mol. The maximum absolute atomic E-state index is 6.17. The summed E-state index contributed by atoms with van der Waals surface area (Å²) in [6.45, 7) is 0. The molecule has 130 valence electrons. The zero-order valence-corrected chi connectivity index (χ0v) is 14.7. The van der Waals surface area contributed by atoms with Gasteiger partial charge in [0.05, 0.1) is 17.3 Å². The highest BCUT2D eigenvalue weighted by Gasteiger charge is 2.12. The van der Waals surface area contributed by atoms with E-state index in [0.29, 0.717) is 22.4 Å². The van der Waals surface area contributed by atoms with Gasteiger partial charge in [-0.25, -0.2) is 9.97 Å². The van der Waals surface area contributed by atoms with Gasteiger partial charge in [0.2, 0.25) is 5.88 Å². The van der Waals surface area contributed by atoms with E-state index in [9.17, 15) is 0 Å². The van der Waals surface area contributed by atoms with Gasteiger partial charge in [0.25, 0.3) is 0 Å². The molecule has 0 radical (unpaired) electrons. The minimum absolute atomic E-state index is 0.272. The molecule has 3 N–H and O–H groups in total. The molecule has 4 aromatic rings. The van der Waals surface area contributed by atoms with Crippen LogP contribution in [0.5, 0.6) is 17.4 Å². The molecule has 4 rings (SSSR count). The third-order valence-electron chi connectivity index (χ3n) is 3.64. The summed E-state index contributed by atoms with van der Waals surface area (Å²) in [6.07, 6.45) is 1.39. The van der Waals surface area contributed by atoms with E-state index < -0.39 is 0 Å². The van der Waals surface area contributed by atoms with E-state index in [0.717, 1.165) is 16.0 Å². The maximum atomic E-state index is 6.17. The average Bonchev–Trinajstić information content (AvgIpc) is 3.08. The predicted octanol–water partition coefficient (Wildman–Crippen LogP) is 4.21. The number of para-hydroxylation sites is 1. The summed E-state index contributed by atoms with van der Waals surface area (Å²) >= 11 is 1.52. The van der Waals surface area contributed by atoms with Crippen LogP contribution >= 0.6 is 11.3 Å². The number of fused-ring (bicyclic) bond motifs is 1. The molecule has 0 aliphatic carbocycles. The van der Waals surface area contributed by atoms with Crippen LogP contribution in [0.15, 0.2) is 54.9 Å². The van der Waals surface area contributed by atoms with E-state index >= 15 is 0 Å². The number of nitrogens with two attached hydrogens (primary N) is 1. The summed E-state index contributed by atoms with van der Waals surface area (Å²) in [7, 11) is 1.61. The van der Waals surface area contributed by atoms with Gasteiger partial charge in [0.1, 0.15) is 23.5 Å².